The highest BCUT2D eigenvalue weighted by Crippen LogP contribution is 2.31. The Morgan fingerprint density at radius 3 is 2.67 bits per heavy atom. The van der Waals surface area contributed by atoms with Gasteiger partial charge in [-0.1, -0.05) is 25.1 Å². The second-order valence-corrected chi connectivity index (χ2v) is 4.52. The van der Waals surface area contributed by atoms with Gasteiger partial charge in [0.1, 0.15) is 18.5 Å². The zero-order chi connectivity index (χ0) is 13.2. The molecule has 2 rings (SSSR count). The number of ether oxygens (including phenoxy) is 2. The van der Waals surface area contributed by atoms with Gasteiger partial charge in [-0.05, 0) is 18.1 Å². The first-order chi connectivity index (χ1) is 8.47. The van der Waals surface area contributed by atoms with E-state index in [-0.39, 0.29) is 12.5 Å². The van der Waals surface area contributed by atoms with Crippen LogP contribution >= 0.6 is 0 Å². The predicted octanol–water partition coefficient (Wildman–Crippen LogP) is 3.21. The third-order valence-corrected chi connectivity index (χ3v) is 2.88. The normalized spacial score (nSPS) is 20.6. The Bertz CT molecular complexity index is 399. The molecule has 1 heterocycles. The molecule has 5 heteroatoms. The Balaban J connectivity index is 2.01. The van der Waals surface area contributed by atoms with E-state index in [1.54, 1.807) is 24.3 Å². The van der Waals surface area contributed by atoms with Crippen LogP contribution in [0.5, 0.6) is 5.75 Å². The molecule has 0 spiro atoms. The molecule has 2 unspecified atom stereocenters. The number of epoxide rings is 1. The van der Waals surface area contributed by atoms with Crippen LogP contribution in [0.1, 0.15) is 12.5 Å². The molecule has 0 amide bonds. The van der Waals surface area contributed by atoms with E-state index in [9.17, 15) is 13.2 Å². The first-order valence-corrected chi connectivity index (χ1v) is 5.86. The van der Waals surface area contributed by atoms with Crippen molar-refractivity contribution in [1.29, 1.82) is 0 Å². The second-order valence-electron chi connectivity index (χ2n) is 4.52. The van der Waals surface area contributed by atoms with Gasteiger partial charge in [-0.3, -0.25) is 0 Å². The fourth-order valence-corrected chi connectivity index (χ4v) is 1.61. The van der Waals surface area contributed by atoms with E-state index in [4.69, 9.17) is 9.47 Å². The van der Waals surface area contributed by atoms with E-state index in [0.29, 0.717) is 24.5 Å². The Kier molecular flexibility index (Phi) is 3.80. The zero-order valence-corrected chi connectivity index (χ0v) is 10.0. The van der Waals surface area contributed by atoms with Crippen LogP contribution in [0.3, 0.4) is 0 Å². The van der Waals surface area contributed by atoms with Crippen molar-refractivity contribution in [3.63, 3.8) is 0 Å². The van der Waals surface area contributed by atoms with E-state index in [1.165, 1.54) is 6.92 Å². The zero-order valence-electron chi connectivity index (χ0n) is 10.0. The first-order valence-electron chi connectivity index (χ1n) is 5.86. The molecular weight excluding hydrogens is 245 g/mol. The summed E-state index contributed by atoms with van der Waals surface area (Å²) >= 11 is 0. The molecule has 0 aromatic heterocycles. The first kappa shape index (κ1) is 13.2. The molecule has 0 bridgehead atoms. The molecule has 18 heavy (non-hydrogen) atoms. The Hall–Kier alpha value is -1.23. The van der Waals surface area contributed by atoms with Crippen LogP contribution in [0.2, 0.25) is 0 Å². The van der Waals surface area contributed by atoms with Crippen molar-refractivity contribution in [1.82, 2.24) is 0 Å². The van der Waals surface area contributed by atoms with E-state index < -0.39 is 12.1 Å². The lowest BCUT2D eigenvalue weighted by molar-refractivity contribution is -0.169. The third kappa shape index (κ3) is 3.63. The number of hydrogen-bond acceptors (Lipinski definition) is 2. The Morgan fingerprint density at radius 1 is 1.39 bits per heavy atom. The molecule has 100 valence electrons. The van der Waals surface area contributed by atoms with Gasteiger partial charge in [0.25, 0.3) is 0 Å². The lowest BCUT2D eigenvalue weighted by Gasteiger charge is -2.17. The van der Waals surface area contributed by atoms with Crippen molar-refractivity contribution in [3.8, 4) is 5.75 Å². The number of rotatable bonds is 5. The van der Waals surface area contributed by atoms with Gasteiger partial charge >= 0.3 is 6.18 Å². The topological polar surface area (TPSA) is 21.8 Å². The van der Waals surface area contributed by atoms with Crippen LogP contribution in [0, 0.1) is 5.92 Å². The van der Waals surface area contributed by atoms with E-state index in [0.717, 1.165) is 0 Å². The maximum atomic E-state index is 12.5. The van der Waals surface area contributed by atoms with Crippen LogP contribution in [0.25, 0.3) is 0 Å². The molecule has 1 aromatic rings. The average molecular weight is 260 g/mol. The molecule has 1 aliphatic rings. The summed E-state index contributed by atoms with van der Waals surface area (Å²) in [6.45, 7) is 2.25. The van der Waals surface area contributed by atoms with Gasteiger partial charge in [-0.2, -0.15) is 13.2 Å². The predicted molar refractivity (Wildman–Crippen MR) is 60.6 cm³/mol. The second kappa shape index (κ2) is 5.18. The van der Waals surface area contributed by atoms with Crippen LogP contribution in [-0.4, -0.2) is 25.5 Å². The van der Waals surface area contributed by atoms with Crippen LogP contribution < -0.4 is 4.74 Å². The number of para-hydroxylation sites is 1. The molecular formula is C13H15F3O2. The summed E-state index contributed by atoms with van der Waals surface area (Å²) in [7, 11) is 0. The maximum Gasteiger partial charge on any atom is 0.391 e. The third-order valence-electron chi connectivity index (χ3n) is 2.88. The highest BCUT2D eigenvalue weighted by atomic mass is 19.4. The summed E-state index contributed by atoms with van der Waals surface area (Å²) in [5, 5.41) is 0. The largest absolute Gasteiger partial charge is 0.491 e. The minimum Gasteiger partial charge on any atom is -0.491 e. The standard InChI is InChI=1S/C13H15F3O2/c1-9(13(14,15)16)6-10-4-2-3-5-12(10)18-8-11-7-17-11/h2-5,9,11H,6-8H2,1H3. The summed E-state index contributed by atoms with van der Waals surface area (Å²) in [4.78, 5) is 0. The smallest absolute Gasteiger partial charge is 0.391 e. The van der Waals surface area contributed by atoms with Crippen LogP contribution in [0.15, 0.2) is 24.3 Å². The van der Waals surface area contributed by atoms with Crippen molar-refractivity contribution in [2.45, 2.75) is 25.6 Å². The van der Waals surface area contributed by atoms with E-state index >= 15 is 0 Å². The molecule has 2 atom stereocenters. The summed E-state index contributed by atoms with van der Waals surface area (Å²) in [6.07, 6.45) is -4.14. The molecule has 1 saturated heterocycles. The number of hydrogen-bond donors (Lipinski definition) is 0. The van der Waals surface area contributed by atoms with Crippen molar-refractivity contribution < 1.29 is 22.6 Å². The molecule has 1 aromatic carbocycles. The van der Waals surface area contributed by atoms with Crippen LogP contribution in [-0.2, 0) is 11.2 Å². The fourth-order valence-electron chi connectivity index (χ4n) is 1.61. The maximum absolute atomic E-state index is 12.5. The molecule has 2 nitrogen and oxygen atoms in total. The summed E-state index contributed by atoms with van der Waals surface area (Å²) in [5.74, 6) is -0.858. The van der Waals surface area contributed by atoms with Crippen molar-refractivity contribution in [3.05, 3.63) is 29.8 Å². The molecule has 1 fully saturated rings. The van der Waals surface area contributed by atoms with Crippen molar-refractivity contribution >= 4 is 0 Å². The summed E-state index contributed by atoms with van der Waals surface area (Å²) in [5.41, 5.74) is 0.586. The van der Waals surface area contributed by atoms with Gasteiger partial charge in [-0.15, -0.1) is 0 Å². The quantitative estimate of drug-likeness (QED) is 0.758. The SMILES string of the molecule is CC(Cc1ccccc1OCC1CO1)C(F)(F)F. The van der Waals surface area contributed by atoms with E-state index in [2.05, 4.69) is 0 Å². The van der Waals surface area contributed by atoms with Gasteiger partial charge < -0.3 is 9.47 Å². The lowest BCUT2D eigenvalue weighted by Crippen LogP contribution is -2.22. The Morgan fingerprint density at radius 2 is 2.06 bits per heavy atom. The van der Waals surface area contributed by atoms with Crippen molar-refractivity contribution in [2.24, 2.45) is 5.92 Å². The van der Waals surface area contributed by atoms with Gasteiger partial charge in [-0.25, -0.2) is 0 Å². The number of halogens is 3. The van der Waals surface area contributed by atoms with Gasteiger partial charge in [0, 0.05) is 0 Å². The number of benzene rings is 1. The summed E-state index contributed by atoms with van der Waals surface area (Å²) in [6, 6.07) is 6.84. The monoisotopic (exact) mass is 260 g/mol. The van der Waals surface area contributed by atoms with Crippen LogP contribution in [0.4, 0.5) is 13.2 Å². The lowest BCUT2D eigenvalue weighted by atomic mass is 10.00. The summed E-state index contributed by atoms with van der Waals surface area (Å²) < 4.78 is 48.1. The van der Waals surface area contributed by atoms with E-state index in [1.807, 2.05) is 0 Å². The highest BCUT2D eigenvalue weighted by Gasteiger charge is 2.36. The molecule has 0 radical (unpaired) electrons. The van der Waals surface area contributed by atoms with Crippen molar-refractivity contribution in [2.75, 3.05) is 13.2 Å². The van der Waals surface area contributed by atoms with Gasteiger partial charge in [0.05, 0.1) is 12.5 Å². The fraction of sp³-hybridized carbons (Fsp3) is 0.538. The molecule has 0 saturated carbocycles. The molecule has 0 aliphatic carbocycles. The van der Waals surface area contributed by atoms with Gasteiger partial charge in [0.15, 0.2) is 0 Å². The minimum atomic E-state index is -4.17. The average Bonchev–Trinajstić information content (AvgIpc) is 3.10. The number of alkyl halides is 3. The van der Waals surface area contributed by atoms with Gasteiger partial charge in [0.2, 0.25) is 0 Å². The Labute approximate surface area is 104 Å². The molecule has 1 aliphatic heterocycles. The minimum absolute atomic E-state index is 0.0643. The molecule has 0 N–H and O–H groups in total. The highest BCUT2D eigenvalue weighted by molar-refractivity contribution is 5.33.